The van der Waals surface area contributed by atoms with E-state index in [0.717, 1.165) is 68.7 Å². The summed E-state index contributed by atoms with van der Waals surface area (Å²) in [6.45, 7) is 6.73. The van der Waals surface area contributed by atoms with Gasteiger partial charge in [-0.3, -0.25) is 14.3 Å². The topological polar surface area (TPSA) is 79.1 Å². The van der Waals surface area contributed by atoms with Crippen molar-refractivity contribution in [1.82, 2.24) is 30.1 Å². The van der Waals surface area contributed by atoms with E-state index in [4.69, 9.17) is 9.73 Å². The lowest BCUT2D eigenvalue weighted by Gasteiger charge is -2.27. The number of nitrogens with one attached hydrogen (secondary N) is 2. The number of fused-ring (bicyclic) bond motifs is 1. The molecule has 33 heavy (non-hydrogen) atoms. The van der Waals surface area contributed by atoms with Gasteiger partial charge in [-0.05, 0) is 69.1 Å². The van der Waals surface area contributed by atoms with Crippen LogP contribution in [0.3, 0.4) is 0 Å². The lowest BCUT2D eigenvalue weighted by molar-refractivity contribution is 0.251. The predicted molar refractivity (Wildman–Crippen MR) is 132 cm³/mol. The van der Waals surface area contributed by atoms with Gasteiger partial charge >= 0.3 is 0 Å². The van der Waals surface area contributed by atoms with Crippen LogP contribution in [0.5, 0.6) is 5.75 Å². The van der Waals surface area contributed by atoms with Crippen LogP contribution in [-0.2, 0) is 6.42 Å². The summed E-state index contributed by atoms with van der Waals surface area (Å²) in [6, 6.07) is 14.7. The number of methoxy groups -OCH3 is 1. The smallest absolute Gasteiger partial charge is 0.191 e. The third-order valence-electron chi connectivity index (χ3n) is 6.10. The van der Waals surface area contributed by atoms with Gasteiger partial charge in [0.25, 0.3) is 0 Å². The molecule has 1 atom stereocenters. The minimum atomic E-state index is 0.274. The molecule has 4 rings (SSSR count). The molecular weight excluding hydrogens is 414 g/mol. The summed E-state index contributed by atoms with van der Waals surface area (Å²) in [6.07, 6.45) is 6.34. The van der Waals surface area contributed by atoms with Gasteiger partial charge in [0.15, 0.2) is 11.6 Å². The molecule has 0 saturated carbocycles. The van der Waals surface area contributed by atoms with Crippen LogP contribution in [0.2, 0.25) is 0 Å². The highest BCUT2D eigenvalue weighted by molar-refractivity contribution is 5.79. The molecule has 0 aliphatic carbocycles. The van der Waals surface area contributed by atoms with E-state index < -0.39 is 0 Å². The second-order valence-electron chi connectivity index (χ2n) is 8.33. The molecule has 0 spiro atoms. The normalized spacial score (nSPS) is 15.6. The molecular formula is C25H35N7O. The first-order valence-corrected chi connectivity index (χ1v) is 12.0. The Morgan fingerprint density at radius 3 is 2.67 bits per heavy atom. The number of hydrogen-bond acceptors (Lipinski definition) is 5. The minimum Gasteiger partial charge on any atom is -0.497 e. The molecule has 0 bridgehead atoms. The fourth-order valence-corrected chi connectivity index (χ4v) is 4.35. The molecule has 8 nitrogen and oxygen atoms in total. The van der Waals surface area contributed by atoms with Crippen LogP contribution < -0.4 is 15.4 Å². The van der Waals surface area contributed by atoms with E-state index in [2.05, 4.69) is 49.2 Å². The van der Waals surface area contributed by atoms with Gasteiger partial charge in [0.1, 0.15) is 11.6 Å². The van der Waals surface area contributed by atoms with Crippen molar-refractivity contribution in [3.63, 3.8) is 0 Å². The zero-order chi connectivity index (χ0) is 22.9. The molecule has 1 aliphatic heterocycles. The Balaban J connectivity index is 1.36. The van der Waals surface area contributed by atoms with Crippen LogP contribution in [-0.4, -0.2) is 65.3 Å². The molecule has 0 amide bonds. The van der Waals surface area contributed by atoms with Crippen molar-refractivity contribution >= 4 is 11.6 Å². The van der Waals surface area contributed by atoms with E-state index in [1.54, 1.807) is 7.11 Å². The fourth-order valence-electron chi connectivity index (χ4n) is 4.35. The Hall–Kier alpha value is -3.13. The lowest BCUT2D eigenvalue weighted by atomic mass is 10.1. The average molecular weight is 450 g/mol. The predicted octanol–water partition coefficient (Wildman–Crippen LogP) is 3.06. The minimum absolute atomic E-state index is 0.274. The van der Waals surface area contributed by atoms with Crippen LogP contribution in [0.25, 0.3) is 5.65 Å². The highest BCUT2D eigenvalue weighted by Crippen LogP contribution is 2.27. The lowest BCUT2D eigenvalue weighted by Crippen LogP contribution is -2.39. The highest BCUT2D eigenvalue weighted by atomic mass is 16.5. The third-order valence-corrected chi connectivity index (χ3v) is 6.10. The van der Waals surface area contributed by atoms with Crippen LogP contribution in [0.15, 0.2) is 53.7 Å². The monoisotopic (exact) mass is 449 g/mol. The molecule has 0 radical (unpaired) electrons. The molecule has 1 aliphatic rings. The Bertz CT molecular complexity index is 1020. The van der Waals surface area contributed by atoms with Crippen molar-refractivity contribution in [2.75, 3.05) is 39.8 Å². The SMILES string of the molecule is CCNC(=NCC(c1ccc(OC)cc1)N1CCCC1)NCCCc1nnc2ccccn12. The summed E-state index contributed by atoms with van der Waals surface area (Å²) in [7, 11) is 1.71. The highest BCUT2D eigenvalue weighted by Gasteiger charge is 2.23. The largest absolute Gasteiger partial charge is 0.497 e. The summed E-state index contributed by atoms with van der Waals surface area (Å²) < 4.78 is 7.39. The fraction of sp³-hybridized carbons (Fsp3) is 0.480. The summed E-state index contributed by atoms with van der Waals surface area (Å²) in [5, 5.41) is 15.4. The maximum atomic E-state index is 5.34. The van der Waals surface area contributed by atoms with E-state index in [1.165, 1.54) is 18.4 Å². The van der Waals surface area contributed by atoms with E-state index in [9.17, 15) is 0 Å². The molecule has 1 aromatic carbocycles. The van der Waals surface area contributed by atoms with Crippen LogP contribution in [0.4, 0.5) is 0 Å². The van der Waals surface area contributed by atoms with Gasteiger partial charge < -0.3 is 15.4 Å². The number of guanidine groups is 1. The van der Waals surface area contributed by atoms with Crippen molar-refractivity contribution in [3.05, 3.63) is 60.0 Å². The van der Waals surface area contributed by atoms with Crippen molar-refractivity contribution in [2.45, 2.75) is 38.6 Å². The zero-order valence-electron chi connectivity index (χ0n) is 19.7. The molecule has 2 aromatic heterocycles. The van der Waals surface area contributed by atoms with Gasteiger partial charge in [-0.1, -0.05) is 18.2 Å². The second-order valence-corrected chi connectivity index (χ2v) is 8.33. The maximum absolute atomic E-state index is 5.34. The van der Waals surface area contributed by atoms with Gasteiger partial charge in [0.05, 0.1) is 19.7 Å². The van der Waals surface area contributed by atoms with E-state index >= 15 is 0 Å². The van der Waals surface area contributed by atoms with E-state index in [0.29, 0.717) is 0 Å². The standard InChI is InChI=1S/C25H35N7O/c1-3-26-25(27-15-8-10-24-30-29-23-9-4-5-18-32(23)24)28-19-22(31-16-6-7-17-31)20-11-13-21(33-2)14-12-20/h4-5,9,11-14,18,22H,3,6-8,10,15-17,19H2,1-2H3,(H2,26,27,28). The summed E-state index contributed by atoms with van der Waals surface area (Å²) in [4.78, 5) is 7.50. The third kappa shape index (κ3) is 6.01. The van der Waals surface area contributed by atoms with Gasteiger partial charge in [-0.2, -0.15) is 0 Å². The van der Waals surface area contributed by atoms with Crippen molar-refractivity contribution < 1.29 is 4.74 Å². The van der Waals surface area contributed by atoms with E-state index in [-0.39, 0.29) is 6.04 Å². The maximum Gasteiger partial charge on any atom is 0.191 e. The summed E-state index contributed by atoms with van der Waals surface area (Å²) in [5.74, 6) is 2.74. The number of likely N-dealkylation sites (tertiary alicyclic amines) is 1. The van der Waals surface area contributed by atoms with E-state index in [1.807, 2.05) is 36.5 Å². The Labute approximate surface area is 196 Å². The molecule has 1 unspecified atom stereocenters. The number of aryl methyl sites for hydroxylation is 1. The Kier molecular flexibility index (Phi) is 8.14. The van der Waals surface area contributed by atoms with Crippen molar-refractivity contribution in [3.8, 4) is 5.75 Å². The molecule has 3 heterocycles. The first-order chi connectivity index (χ1) is 16.3. The van der Waals surface area contributed by atoms with Gasteiger partial charge in [0.2, 0.25) is 0 Å². The van der Waals surface area contributed by atoms with Crippen molar-refractivity contribution in [2.24, 2.45) is 4.99 Å². The number of benzene rings is 1. The average Bonchev–Trinajstić information content (AvgIpc) is 3.53. The zero-order valence-corrected chi connectivity index (χ0v) is 19.7. The molecule has 176 valence electrons. The van der Waals surface area contributed by atoms with Crippen LogP contribution in [0, 0.1) is 0 Å². The van der Waals surface area contributed by atoms with Crippen LogP contribution >= 0.6 is 0 Å². The quantitative estimate of drug-likeness (QED) is 0.281. The van der Waals surface area contributed by atoms with Crippen molar-refractivity contribution in [1.29, 1.82) is 0 Å². The summed E-state index contributed by atoms with van der Waals surface area (Å²) in [5.41, 5.74) is 2.18. The molecule has 1 saturated heterocycles. The Morgan fingerprint density at radius 1 is 1.09 bits per heavy atom. The first-order valence-electron chi connectivity index (χ1n) is 12.0. The number of hydrogen-bond donors (Lipinski definition) is 2. The Morgan fingerprint density at radius 2 is 1.91 bits per heavy atom. The molecule has 1 fully saturated rings. The molecule has 2 N–H and O–H groups in total. The number of nitrogens with zero attached hydrogens (tertiary/aromatic N) is 5. The summed E-state index contributed by atoms with van der Waals surface area (Å²) >= 11 is 0. The second kappa shape index (κ2) is 11.7. The first kappa shape index (κ1) is 23.0. The molecule has 3 aromatic rings. The van der Waals surface area contributed by atoms with Gasteiger partial charge in [-0.15, -0.1) is 10.2 Å². The van der Waals surface area contributed by atoms with Crippen LogP contribution in [0.1, 0.15) is 43.6 Å². The molecule has 8 heteroatoms. The number of pyridine rings is 1. The number of rotatable bonds is 10. The number of ether oxygens (including phenoxy) is 1. The number of aromatic nitrogens is 3. The number of aliphatic imine (C=N–C) groups is 1. The van der Waals surface area contributed by atoms with Gasteiger partial charge in [0, 0.05) is 25.7 Å². The van der Waals surface area contributed by atoms with Gasteiger partial charge in [-0.25, -0.2) is 0 Å².